The van der Waals surface area contributed by atoms with E-state index < -0.39 is 23.7 Å². The van der Waals surface area contributed by atoms with Crippen molar-refractivity contribution in [1.29, 1.82) is 0 Å². The topological polar surface area (TPSA) is 105 Å². The van der Waals surface area contributed by atoms with Crippen molar-refractivity contribution in [2.45, 2.75) is 20.0 Å². The van der Waals surface area contributed by atoms with Gasteiger partial charge >= 0.3 is 5.97 Å². The summed E-state index contributed by atoms with van der Waals surface area (Å²) in [6.45, 7) is 3.50. The highest BCUT2D eigenvalue weighted by Crippen LogP contribution is 2.31. The van der Waals surface area contributed by atoms with Gasteiger partial charge < -0.3 is 15.4 Å². The van der Waals surface area contributed by atoms with Crippen molar-refractivity contribution in [1.82, 2.24) is 0 Å². The second-order valence-electron chi connectivity index (χ2n) is 8.31. The first-order valence-corrected chi connectivity index (χ1v) is 12.3. The zero-order chi connectivity index (χ0) is 26.7. The monoisotopic (exact) mass is 581 g/mol. The van der Waals surface area contributed by atoms with Crippen LogP contribution in [0, 0.1) is 0 Å². The van der Waals surface area contributed by atoms with Gasteiger partial charge in [0.2, 0.25) is 0 Å². The van der Waals surface area contributed by atoms with Crippen LogP contribution in [0.15, 0.2) is 88.0 Å². The average Bonchev–Trinajstić information content (AvgIpc) is 3.07. The lowest BCUT2D eigenvalue weighted by atomic mass is 10.1. The van der Waals surface area contributed by atoms with Crippen LogP contribution in [0.1, 0.15) is 34.6 Å². The van der Waals surface area contributed by atoms with Crippen LogP contribution in [0.25, 0.3) is 0 Å². The highest BCUT2D eigenvalue weighted by atomic mass is 79.9. The summed E-state index contributed by atoms with van der Waals surface area (Å²) in [5.41, 5.74) is 1.66. The zero-order valence-corrected chi connectivity index (χ0v) is 22.1. The number of rotatable bonds is 7. The number of nitrogens with zero attached hydrogens (tertiary/aromatic N) is 1. The van der Waals surface area contributed by atoms with Gasteiger partial charge in [-0.2, -0.15) is 0 Å². The summed E-state index contributed by atoms with van der Waals surface area (Å²) in [4.78, 5) is 51.7. The van der Waals surface area contributed by atoms with Crippen molar-refractivity contribution < 1.29 is 23.9 Å². The normalized spacial score (nSPS) is 13.3. The fourth-order valence-electron chi connectivity index (χ4n) is 3.53. The second kappa shape index (κ2) is 11.0. The Labute approximate surface area is 226 Å². The van der Waals surface area contributed by atoms with Crippen LogP contribution < -0.4 is 15.5 Å². The SMILES string of the molecule is CC(C)OC(=O)c1cccc(NC(=O)c2cccc(NC3=C(Cl)C(=O)N(c4ccc(Br)cc4)C3=O)c2)c1. The van der Waals surface area contributed by atoms with E-state index in [1.54, 1.807) is 74.5 Å². The first-order chi connectivity index (χ1) is 17.6. The molecular formula is C27H21BrClN3O5. The third-order valence-electron chi connectivity index (χ3n) is 5.21. The van der Waals surface area contributed by atoms with E-state index in [1.165, 1.54) is 12.1 Å². The quantitative estimate of drug-likeness (QED) is 0.273. The van der Waals surface area contributed by atoms with Crippen LogP contribution in [0.4, 0.5) is 17.1 Å². The first kappa shape index (κ1) is 26.1. The van der Waals surface area contributed by atoms with Crippen LogP contribution in [0.5, 0.6) is 0 Å². The fraction of sp³-hybridized carbons (Fsp3) is 0.111. The third-order valence-corrected chi connectivity index (χ3v) is 6.08. The van der Waals surface area contributed by atoms with Crippen molar-refractivity contribution in [3.05, 3.63) is 99.1 Å². The lowest BCUT2D eigenvalue weighted by Crippen LogP contribution is -2.32. The molecule has 0 unspecified atom stereocenters. The minimum Gasteiger partial charge on any atom is -0.459 e. The Hall–Kier alpha value is -3.95. The number of halogens is 2. The number of nitrogens with one attached hydrogen (secondary N) is 2. The van der Waals surface area contributed by atoms with Crippen molar-refractivity contribution in [3.8, 4) is 0 Å². The van der Waals surface area contributed by atoms with E-state index in [1.807, 2.05) is 0 Å². The van der Waals surface area contributed by atoms with E-state index in [0.717, 1.165) is 9.37 Å². The molecule has 37 heavy (non-hydrogen) atoms. The first-order valence-electron chi connectivity index (χ1n) is 11.2. The third kappa shape index (κ3) is 5.90. The Morgan fingerprint density at radius 3 is 2.19 bits per heavy atom. The van der Waals surface area contributed by atoms with Gasteiger partial charge in [0.25, 0.3) is 17.7 Å². The number of hydrogen-bond donors (Lipinski definition) is 2. The van der Waals surface area contributed by atoms with Gasteiger partial charge in [0.1, 0.15) is 10.7 Å². The molecule has 0 aliphatic carbocycles. The smallest absolute Gasteiger partial charge is 0.338 e. The molecule has 0 atom stereocenters. The number of benzene rings is 3. The number of anilines is 3. The Bertz CT molecular complexity index is 1440. The standard InChI is InChI=1S/C27H21BrClN3O5/c1-15(2)37-27(36)17-6-4-8-20(14-17)31-24(33)16-5-3-7-19(13-16)30-23-22(29)25(34)32(26(23)35)21-11-9-18(28)10-12-21/h3-15,30H,1-2H3,(H,31,33). The Balaban J connectivity index is 1.49. The average molecular weight is 583 g/mol. The van der Waals surface area contributed by atoms with E-state index in [9.17, 15) is 19.2 Å². The van der Waals surface area contributed by atoms with E-state index in [2.05, 4.69) is 26.6 Å². The molecule has 10 heteroatoms. The predicted octanol–water partition coefficient (Wildman–Crippen LogP) is 5.70. The Kier molecular flexibility index (Phi) is 7.75. The maximum atomic E-state index is 13.0. The molecule has 8 nitrogen and oxygen atoms in total. The van der Waals surface area contributed by atoms with Gasteiger partial charge in [0, 0.05) is 21.4 Å². The van der Waals surface area contributed by atoms with Gasteiger partial charge in [-0.05, 0) is 74.5 Å². The van der Waals surface area contributed by atoms with Gasteiger partial charge in [0.05, 0.1) is 17.4 Å². The molecule has 3 amide bonds. The molecule has 3 aromatic carbocycles. The number of hydrogen-bond acceptors (Lipinski definition) is 6. The molecule has 1 heterocycles. The largest absolute Gasteiger partial charge is 0.459 e. The molecule has 0 saturated heterocycles. The molecule has 0 bridgehead atoms. The molecule has 0 radical (unpaired) electrons. The molecule has 0 aromatic heterocycles. The van der Waals surface area contributed by atoms with Crippen molar-refractivity contribution >= 4 is 68.3 Å². The summed E-state index contributed by atoms with van der Waals surface area (Å²) >= 11 is 9.53. The minimum atomic E-state index is -0.652. The molecule has 2 N–H and O–H groups in total. The molecule has 188 valence electrons. The van der Waals surface area contributed by atoms with Crippen LogP contribution in [-0.4, -0.2) is 29.8 Å². The predicted molar refractivity (Wildman–Crippen MR) is 145 cm³/mol. The van der Waals surface area contributed by atoms with Gasteiger partial charge in [-0.3, -0.25) is 14.4 Å². The van der Waals surface area contributed by atoms with Gasteiger partial charge in [-0.15, -0.1) is 0 Å². The van der Waals surface area contributed by atoms with Crippen LogP contribution in [0.2, 0.25) is 0 Å². The number of esters is 1. The van der Waals surface area contributed by atoms with E-state index in [0.29, 0.717) is 22.6 Å². The van der Waals surface area contributed by atoms with Crippen LogP contribution >= 0.6 is 27.5 Å². The number of ether oxygens (including phenoxy) is 1. The molecule has 0 spiro atoms. The molecular weight excluding hydrogens is 562 g/mol. The molecule has 3 aromatic rings. The zero-order valence-electron chi connectivity index (χ0n) is 19.7. The van der Waals surface area contributed by atoms with E-state index >= 15 is 0 Å². The molecule has 4 rings (SSSR count). The molecule has 0 fully saturated rings. The molecule has 1 aliphatic heterocycles. The molecule has 1 aliphatic rings. The number of carbonyl (C=O) groups is 4. The second-order valence-corrected chi connectivity index (χ2v) is 9.60. The van der Waals surface area contributed by atoms with Gasteiger partial charge in [-0.1, -0.05) is 39.7 Å². The highest BCUT2D eigenvalue weighted by molar-refractivity contribution is 9.10. The van der Waals surface area contributed by atoms with Crippen molar-refractivity contribution in [3.63, 3.8) is 0 Å². The number of imide groups is 1. The summed E-state index contributed by atoms with van der Waals surface area (Å²) in [5.74, 6) is -2.20. The Morgan fingerprint density at radius 1 is 0.892 bits per heavy atom. The van der Waals surface area contributed by atoms with Crippen molar-refractivity contribution in [2.24, 2.45) is 0 Å². The van der Waals surface area contributed by atoms with Crippen LogP contribution in [-0.2, 0) is 14.3 Å². The van der Waals surface area contributed by atoms with Gasteiger partial charge in [0.15, 0.2) is 0 Å². The van der Waals surface area contributed by atoms with E-state index in [-0.39, 0.29) is 22.4 Å². The maximum Gasteiger partial charge on any atom is 0.338 e. The fourth-order valence-corrected chi connectivity index (χ4v) is 4.00. The summed E-state index contributed by atoms with van der Waals surface area (Å²) < 4.78 is 5.99. The number of amides is 3. The number of carbonyl (C=O) groups excluding carboxylic acids is 4. The Morgan fingerprint density at radius 2 is 1.51 bits per heavy atom. The summed E-state index contributed by atoms with van der Waals surface area (Å²) in [7, 11) is 0. The summed E-state index contributed by atoms with van der Waals surface area (Å²) in [6.07, 6.45) is -0.270. The summed E-state index contributed by atoms with van der Waals surface area (Å²) in [6, 6.07) is 19.4. The lowest BCUT2D eigenvalue weighted by molar-refractivity contribution is -0.120. The minimum absolute atomic E-state index is 0.0940. The summed E-state index contributed by atoms with van der Waals surface area (Å²) in [5, 5.41) is 5.35. The van der Waals surface area contributed by atoms with Crippen LogP contribution in [0.3, 0.4) is 0 Å². The molecule has 0 saturated carbocycles. The highest BCUT2D eigenvalue weighted by Gasteiger charge is 2.39. The van der Waals surface area contributed by atoms with E-state index in [4.69, 9.17) is 16.3 Å². The lowest BCUT2D eigenvalue weighted by Gasteiger charge is -2.15. The maximum absolute atomic E-state index is 13.0. The van der Waals surface area contributed by atoms with Gasteiger partial charge in [-0.25, -0.2) is 9.69 Å². The van der Waals surface area contributed by atoms with Crippen molar-refractivity contribution in [2.75, 3.05) is 15.5 Å².